The summed E-state index contributed by atoms with van der Waals surface area (Å²) in [5, 5.41) is 15.3. The molecule has 0 saturated heterocycles. The molecule has 3 N–H and O–H groups in total. The standard InChI is InChI=1S/C30H33FN4O8S/c1-18-14-35(19(2)16-36)29(37)24-12-21(32-30(38)33-22-7-11-26-27(13-22)42-17-41-26)6-10-25(24)43-28(18)15-34(3)44(39,40)23-8-4-20(31)5-9-23/h4-13,18-19,28,36H,14-17H2,1-3H3,(H2,32,33,38)/t18-,19-,28+/m0/s1. The number of nitrogens with zero attached hydrogens (tertiary/aromatic N) is 2. The lowest BCUT2D eigenvalue weighted by Crippen LogP contribution is -2.50. The van der Waals surface area contributed by atoms with Crippen molar-refractivity contribution in [1.29, 1.82) is 0 Å². The van der Waals surface area contributed by atoms with Crippen LogP contribution in [0.1, 0.15) is 24.2 Å². The lowest BCUT2D eigenvalue weighted by Gasteiger charge is -2.38. The smallest absolute Gasteiger partial charge is 0.323 e. The van der Waals surface area contributed by atoms with Gasteiger partial charge in [0.2, 0.25) is 16.8 Å². The number of likely N-dealkylation sites (N-methyl/N-ethyl adjacent to an activating group) is 1. The van der Waals surface area contributed by atoms with E-state index in [4.69, 9.17) is 14.2 Å². The first-order chi connectivity index (χ1) is 21.0. The highest BCUT2D eigenvalue weighted by atomic mass is 32.2. The summed E-state index contributed by atoms with van der Waals surface area (Å²) in [7, 11) is -2.57. The van der Waals surface area contributed by atoms with Gasteiger partial charge < -0.3 is 34.9 Å². The molecule has 2 aliphatic rings. The maximum atomic E-state index is 13.7. The largest absolute Gasteiger partial charge is 0.488 e. The summed E-state index contributed by atoms with van der Waals surface area (Å²) in [5.41, 5.74) is 0.903. The number of sulfonamides is 1. The first kappa shape index (κ1) is 31.0. The molecule has 0 aromatic heterocycles. The molecule has 0 bridgehead atoms. The molecule has 0 spiro atoms. The van der Waals surface area contributed by atoms with Crippen molar-refractivity contribution in [2.45, 2.75) is 30.9 Å². The van der Waals surface area contributed by atoms with Crippen LogP contribution in [-0.2, 0) is 10.0 Å². The van der Waals surface area contributed by atoms with Crippen molar-refractivity contribution >= 4 is 33.3 Å². The Morgan fingerprint density at radius 2 is 1.68 bits per heavy atom. The van der Waals surface area contributed by atoms with Crippen LogP contribution in [0.4, 0.5) is 20.6 Å². The first-order valence-electron chi connectivity index (χ1n) is 13.9. The zero-order valence-electron chi connectivity index (χ0n) is 24.3. The second-order valence-electron chi connectivity index (χ2n) is 10.7. The second kappa shape index (κ2) is 12.7. The summed E-state index contributed by atoms with van der Waals surface area (Å²) in [5.74, 6) is -0.0521. The molecule has 5 rings (SSSR count). The fourth-order valence-electron chi connectivity index (χ4n) is 4.92. The molecule has 2 aliphatic heterocycles. The first-order valence-corrected chi connectivity index (χ1v) is 15.3. The van der Waals surface area contributed by atoms with Crippen molar-refractivity contribution < 1.29 is 41.7 Å². The van der Waals surface area contributed by atoms with Gasteiger partial charge in [-0.05, 0) is 61.5 Å². The molecule has 234 valence electrons. The van der Waals surface area contributed by atoms with Gasteiger partial charge in [0.15, 0.2) is 11.5 Å². The number of amides is 3. The zero-order valence-corrected chi connectivity index (χ0v) is 25.1. The molecule has 2 heterocycles. The molecule has 0 unspecified atom stereocenters. The number of benzene rings is 3. The van der Waals surface area contributed by atoms with E-state index in [1.165, 1.54) is 36.2 Å². The molecule has 44 heavy (non-hydrogen) atoms. The van der Waals surface area contributed by atoms with Gasteiger partial charge in [-0.3, -0.25) is 4.79 Å². The number of anilines is 2. The van der Waals surface area contributed by atoms with Crippen LogP contribution in [0.15, 0.2) is 65.6 Å². The number of aliphatic hydroxyl groups excluding tert-OH is 1. The third-order valence-electron chi connectivity index (χ3n) is 7.51. The van der Waals surface area contributed by atoms with Crippen molar-refractivity contribution in [2.24, 2.45) is 5.92 Å². The molecule has 3 aromatic carbocycles. The summed E-state index contributed by atoms with van der Waals surface area (Å²) >= 11 is 0. The molecular weight excluding hydrogens is 595 g/mol. The van der Waals surface area contributed by atoms with E-state index in [9.17, 15) is 27.5 Å². The number of carbonyl (C=O) groups excluding carboxylic acids is 2. The van der Waals surface area contributed by atoms with Gasteiger partial charge in [0.05, 0.1) is 29.7 Å². The minimum absolute atomic E-state index is 0.0688. The normalized spacial score (nSPS) is 18.6. The predicted molar refractivity (Wildman–Crippen MR) is 159 cm³/mol. The van der Waals surface area contributed by atoms with Crippen LogP contribution in [-0.4, -0.2) is 80.4 Å². The Labute approximate surface area is 254 Å². The summed E-state index contributed by atoms with van der Waals surface area (Å²) in [6, 6.07) is 13.0. The number of rotatable bonds is 8. The van der Waals surface area contributed by atoms with Crippen LogP contribution < -0.4 is 24.8 Å². The Kier molecular flexibility index (Phi) is 8.95. The van der Waals surface area contributed by atoms with Crippen LogP contribution in [0.3, 0.4) is 0 Å². The molecule has 3 aromatic rings. The van der Waals surface area contributed by atoms with Gasteiger partial charge >= 0.3 is 6.03 Å². The van der Waals surface area contributed by atoms with E-state index in [0.29, 0.717) is 22.9 Å². The Bertz CT molecular complexity index is 1650. The molecular formula is C30H33FN4O8S. The van der Waals surface area contributed by atoms with Crippen LogP contribution in [0.25, 0.3) is 0 Å². The minimum Gasteiger partial charge on any atom is -0.488 e. The van der Waals surface area contributed by atoms with Crippen molar-refractivity contribution in [1.82, 2.24) is 9.21 Å². The van der Waals surface area contributed by atoms with Crippen LogP contribution in [0.5, 0.6) is 17.2 Å². The molecule has 14 heteroatoms. The predicted octanol–water partition coefficient (Wildman–Crippen LogP) is 3.74. The molecule has 0 saturated carbocycles. The van der Waals surface area contributed by atoms with E-state index in [1.54, 1.807) is 31.2 Å². The number of aliphatic hydroxyl groups is 1. The highest BCUT2D eigenvalue weighted by molar-refractivity contribution is 7.89. The van der Waals surface area contributed by atoms with Gasteiger partial charge in [-0.2, -0.15) is 4.31 Å². The molecule has 0 radical (unpaired) electrons. The molecule has 0 fully saturated rings. The number of fused-ring (bicyclic) bond motifs is 2. The zero-order chi connectivity index (χ0) is 31.6. The van der Waals surface area contributed by atoms with E-state index in [2.05, 4.69) is 10.6 Å². The average molecular weight is 629 g/mol. The van der Waals surface area contributed by atoms with Gasteiger partial charge in [-0.15, -0.1) is 0 Å². The Morgan fingerprint density at radius 3 is 2.36 bits per heavy atom. The van der Waals surface area contributed by atoms with E-state index in [1.807, 2.05) is 6.92 Å². The number of hydrogen-bond donors (Lipinski definition) is 3. The van der Waals surface area contributed by atoms with E-state index >= 15 is 0 Å². The lowest BCUT2D eigenvalue weighted by molar-refractivity contribution is 0.0387. The summed E-state index contributed by atoms with van der Waals surface area (Å²) < 4.78 is 57.9. The quantitative estimate of drug-likeness (QED) is 0.342. The van der Waals surface area contributed by atoms with Crippen LogP contribution in [0, 0.1) is 11.7 Å². The Hall–Kier alpha value is -4.40. The fraction of sp³-hybridized carbons (Fsp3) is 0.333. The van der Waals surface area contributed by atoms with Crippen molar-refractivity contribution in [3.8, 4) is 17.2 Å². The van der Waals surface area contributed by atoms with E-state index in [0.717, 1.165) is 16.4 Å². The Balaban J connectivity index is 1.38. The van der Waals surface area contributed by atoms with Crippen LogP contribution in [0.2, 0.25) is 0 Å². The number of hydrogen-bond acceptors (Lipinski definition) is 8. The molecule has 12 nitrogen and oxygen atoms in total. The van der Waals surface area contributed by atoms with Crippen molar-refractivity contribution in [2.75, 3.05) is 44.2 Å². The monoisotopic (exact) mass is 628 g/mol. The van der Waals surface area contributed by atoms with Gasteiger partial charge in [0.1, 0.15) is 17.7 Å². The second-order valence-corrected chi connectivity index (χ2v) is 12.8. The number of nitrogens with one attached hydrogen (secondary N) is 2. The van der Waals surface area contributed by atoms with E-state index < -0.39 is 39.9 Å². The average Bonchev–Trinajstić information content (AvgIpc) is 3.47. The highest BCUT2D eigenvalue weighted by Crippen LogP contribution is 2.35. The highest BCUT2D eigenvalue weighted by Gasteiger charge is 2.35. The third-order valence-corrected chi connectivity index (χ3v) is 9.35. The van der Waals surface area contributed by atoms with Crippen molar-refractivity contribution in [3.63, 3.8) is 0 Å². The number of halogens is 1. The maximum absolute atomic E-state index is 13.7. The summed E-state index contributed by atoms with van der Waals surface area (Å²) in [4.78, 5) is 27.9. The molecule has 3 amide bonds. The lowest BCUT2D eigenvalue weighted by atomic mass is 9.99. The van der Waals surface area contributed by atoms with Gasteiger partial charge in [0, 0.05) is 37.0 Å². The number of carbonyl (C=O) groups is 2. The van der Waals surface area contributed by atoms with Crippen LogP contribution >= 0.6 is 0 Å². The number of ether oxygens (including phenoxy) is 3. The summed E-state index contributed by atoms with van der Waals surface area (Å²) in [6.45, 7) is 3.42. The van der Waals surface area contributed by atoms with E-state index in [-0.39, 0.29) is 48.6 Å². The third kappa shape index (κ3) is 6.56. The maximum Gasteiger partial charge on any atom is 0.323 e. The molecule has 3 atom stereocenters. The van der Waals surface area contributed by atoms with Gasteiger partial charge in [0.25, 0.3) is 5.91 Å². The van der Waals surface area contributed by atoms with Gasteiger partial charge in [-0.25, -0.2) is 17.6 Å². The van der Waals surface area contributed by atoms with Gasteiger partial charge in [-0.1, -0.05) is 6.92 Å². The topological polar surface area (TPSA) is 147 Å². The SMILES string of the molecule is C[C@H]1CN([C@@H](C)CO)C(=O)c2cc(NC(=O)Nc3ccc4c(c3)OCO4)ccc2O[C@@H]1CN(C)S(=O)(=O)c1ccc(F)cc1. The molecule has 0 aliphatic carbocycles. The summed E-state index contributed by atoms with van der Waals surface area (Å²) in [6.07, 6.45) is -0.705. The Morgan fingerprint density at radius 1 is 1.05 bits per heavy atom. The van der Waals surface area contributed by atoms with Crippen molar-refractivity contribution in [3.05, 3.63) is 72.0 Å². The minimum atomic E-state index is -3.97. The number of urea groups is 1. The fourth-order valence-corrected chi connectivity index (χ4v) is 6.11.